The number of carbonyl (C=O) groups excluding carboxylic acids is 1. The van der Waals surface area contributed by atoms with E-state index in [-0.39, 0.29) is 11.3 Å². The number of nitriles is 1. The number of hydrogen-bond acceptors (Lipinski definition) is 3. The van der Waals surface area contributed by atoms with Gasteiger partial charge in [0.25, 0.3) is 0 Å². The highest BCUT2D eigenvalue weighted by Crippen LogP contribution is 2.32. The van der Waals surface area contributed by atoms with Gasteiger partial charge >= 0.3 is 5.97 Å². The van der Waals surface area contributed by atoms with Crippen molar-refractivity contribution < 1.29 is 13.9 Å². The topological polar surface area (TPSA) is 50.1 Å². The Morgan fingerprint density at radius 1 is 1.12 bits per heavy atom. The Morgan fingerprint density at radius 3 is 2.55 bits per heavy atom. The summed E-state index contributed by atoms with van der Waals surface area (Å²) in [5, 5.41) is 8.80. The van der Waals surface area contributed by atoms with E-state index in [4.69, 9.17) is 10.00 Å². The summed E-state index contributed by atoms with van der Waals surface area (Å²) in [6.45, 7) is 2.27. The fourth-order valence-electron chi connectivity index (χ4n) is 4.51. The molecule has 1 fully saturated rings. The van der Waals surface area contributed by atoms with Crippen molar-refractivity contribution in [2.45, 2.75) is 71.1 Å². The number of rotatable bonds is 10. The fourth-order valence-corrected chi connectivity index (χ4v) is 4.51. The van der Waals surface area contributed by atoms with Crippen LogP contribution in [0.15, 0.2) is 54.6 Å². The third-order valence-electron chi connectivity index (χ3n) is 6.57. The first-order chi connectivity index (χ1) is 16.1. The maximum atomic E-state index is 13.9. The predicted octanol–water partition coefficient (Wildman–Crippen LogP) is 7.79. The third-order valence-corrected chi connectivity index (χ3v) is 6.57. The number of ether oxygens (including phenoxy) is 1. The van der Waals surface area contributed by atoms with Crippen molar-refractivity contribution in [3.63, 3.8) is 0 Å². The Hall–Kier alpha value is -2.93. The van der Waals surface area contributed by atoms with Crippen LogP contribution in [-0.2, 0) is 6.42 Å². The number of allylic oxidation sites excluding steroid dienone is 2. The maximum Gasteiger partial charge on any atom is 0.343 e. The van der Waals surface area contributed by atoms with Crippen molar-refractivity contribution in [1.29, 1.82) is 5.26 Å². The number of carbonyl (C=O) groups is 1. The molecule has 0 heterocycles. The summed E-state index contributed by atoms with van der Waals surface area (Å²) in [6.07, 6.45) is 17.5. The Bertz CT molecular complexity index is 966. The van der Waals surface area contributed by atoms with Gasteiger partial charge in [-0.15, -0.1) is 0 Å². The van der Waals surface area contributed by atoms with Gasteiger partial charge in [-0.1, -0.05) is 56.9 Å². The van der Waals surface area contributed by atoms with E-state index in [0.717, 1.165) is 36.3 Å². The lowest BCUT2D eigenvalue weighted by molar-refractivity contribution is 0.0728. The molecule has 1 aliphatic rings. The van der Waals surface area contributed by atoms with E-state index in [1.807, 2.05) is 18.2 Å². The Morgan fingerprint density at radius 2 is 1.88 bits per heavy atom. The van der Waals surface area contributed by atoms with E-state index in [1.54, 1.807) is 12.1 Å². The molecule has 0 bridgehead atoms. The standard InChI is InChI=1S/C29H34FNO2/c1-2-3-4-7-22-10-12-23(13-11-22)8-5-6-9-24-14-17-26(18-15-24)29(32)33-28-19-16-25(21-31)20-27(28)30/h5,8,14-20,22-23H,2-4,6-7,9-13H2,1H3/t22-,23-. The molecule has 0 unspecified atom stereocenters. The Balaban J connectivity index is 1.40. The predicted molar refractivity (Wildman–Crippen MR) is 130 cm³/mol. The van der Waals surface area contributed by atoms with Gasteiger partial charge in [-0.2, -0.15) is 5.26 Å². The summed E-state index contributed by atoms with van der Waals surface area (Å²) < 4.78 is 19.1. The van der Waals surface area contributed by atoms with Crippen molar-refractivity contribution in [3.8, 4) is 11.8 Å². The second-order valence-corrected chi connectivity index (χ2v) is 9.09. The summed E-state index contributed by atoms with van der Waals surface area (Å²) in [4.78, 5) is 12.3. The minimum atomic E-state index is -0.726. The fraction of sp³-hybridized carbons (Fsp3) is 0.448. The van der Waals surface area contributed by atoms with Gasteiger partial charge < -0.3 is 4.74 Å². The lowest BCUT2D eigenvalue weighted by atomic mass is 9.79. The quantitative estimate of drug-likeness (QED) is 0.162. The van der Waals surface area contributed by atoms with E-state index in [9.17, 15) is 9.18 Å². The molecule has 3 nitrogen and oxygen atoms in total. The van der Waals surface area contributed by atoms with Crippen LogP contribution in [0.1, 0.15) is 86.2 Å². The van der Waals surface area contributed by atoms with Gasteiger partial charge in [-0.25, -0.2) is 9.18 Å². The van der Waals surface area contributed by atoms with E-state index in [1.165, 1.54) is 63.5 Å². The number of hydrogen-bond donors (Lipinski definition) is 0. The molecule has 0 saturated heterocycles. The van der Waals surface area contributed by atoms with Gasteiger partial charge in [0, 0.05) is 0 Å². The summed E-state index contributed by atoms with van der Waals surface area (Å²) >= 11 is 0. The summed E-state index contributed by atoms with van der Waals surface area (Å²) in [6, 6.07) is 12.9. The van der Waals surface area contributed by atoms with Gasteiger partial charge in [0.05, 0.1) is 17.2 Å². The molecule has 0 radical (unpaired) electrons. The van der Waals surface area contributed by atoms with E-state index >= 15 is 0 Å². The van der Waals surface area contributed by atoms with E-state index < -0.39 is 11.8 Å². The van der Waals surface area contributed by atoms with Crippen LogP contribution in [0.25, 0.3) is 0 Å². The lowest BCUT2D eigenvalue weighted by Crippen LogP contribution is -2.13. The van der Waals surface area contributed by atoms with Crippen LogP contribution in [-0.4, -0.2) is 5.97 Å². The average molecular weight is 448 g/mol. The smallest absolute Gasteiger partial charge is 0.343 e. The molecule has 0 aromatic heterocycles. The molecular formula is C29H34FNO2. The van der Waals surface area contributed by atoms with Crippen LogP contribution in [0.2, 0.25) is 0 Å². The van der Waals surface area contributed by atoms with Crippen LogP contribution >= 0.6 is 0 Å². The highest BCUT2D eigenvalue weighted by atomic mass is 19.1. The molecule has 1 aliphatic carbocycles. The molecule has 3 rings (SSSR count). The molecular weight excluding hydrogens is 413 g/mol. The Labute approximate surface area is 197 Å². The zero-order valence-electron chi connectivity index (χ0n) is 19.6. The molecule has 33 heavy (non-hydrogen) atoms. The Kier molecular flexibility index (Phi) is 9.69. The minimum absolute atomic E-state index is 0.178. The first-order valence-electron chi connectivity index (χ1n) is 12.3. The van der Waals surface area contributed by atoms with Crippen molar-refractivity contribution in [2.24, 2.45) is 11.8 Å². The average Bonchev–Trinajstić information content (AvgIpc) is 2.84. The molecule has 4 heteroatoms. The van der Waals surface area contributed by atoms with Gasteiger partial charge in [0.1, 0.15) is 0 Å². The van der Waals surface area contributed by atoms with Crippen LogP contribution in [0.3, 0.4) is 0 Å². The van der Waals surface area contributed by atoms with Gasteiger partial charge in [0.2, 0.25) is 0 Å². The van der Waals surface area contributed by atoms with Crippen molar-refractivity contribution in [1.82, 2.24) is 0 Å². The second kappa shape index (κ2) is 12.9. The molecule has 2 aromatic carbocycles. The first kappa shape index (κ1) is 24.7. The van der Waals surface area contributed by atoms with Gasteiger partial charge in [-0.3, -0.25) is 0 Å². The molecule has 2 aromatic rings. The molecule has 0 spiro atoms. The van der Waals surface area contributed by atoms with Crippen molar-refractivity contribution >= 4 is 5.97 Å². The summed E-state index contributed by atoms with van der Waals surface area (Å²) in [7, 11) is 0. The van der Waals surface area contributed by atoms with Gasteiger partial charge in [0.15, 0.2) is 11.6 Å². The molecule has 0 amide bonds. The molecule has 0 atom stereocenters. The van der Waals surface area contributed by atoms with Gasteiger partial charge in [-0.05, 0) is 86.3 Å². The van der Waals surface area contributed by atoms with Crippen LogP contribution in [0, 0.1) is 29.0 Å². The largest absolute Gasteiger partial charge is 0.420 e. The van der Waals surface area contributed by atoms with Crippen molar-refractivity contribution in [3.05, 3.63) is 77.1 Å². The summed E-state index contributed by atoms with van der Waals surface area (Å²) in [5.74, 6) is 0.154. The van der Waals surface area contributed by atoms with Crippen molar-refractivity contribution in [2.75, 3.05) is 0 Å². The molecule has 0 aliphatic heterocycles. The number of esters is 1. The van der Waals surface area contributed by atoms with E-state index in [0.29, 0.717) is 5.56 Å². The lowest BCUT2D eigenvalue weighted by Gasteiger charge is -2.26. The highest BCUT2D eigenvalue weighted by molar-refractivity contribution is 5.91. The highest BCUT2D eigenvalue weighted by Gasteiger charge is 2.18. The molecule has 1 saturated carbocycles. The third kappa shape index (κ3) is 7.86. The normalized spacial score (nSPS) is 18.2. The zero-order chi connectivity index (χ0) is 23.5. The first-order valence-corrected chi connectivity index (χ1v) is 12.3. The number of halogens is 1. The molecule has 0 N–H and O–H groups in total. The number of nitrogens with zero attached hydrogens (tertiary/aromatic N) is 1. The summed E-state index contributed by atoms with van der Waals surface area (Å²) in [5.41, 5.74) is 1.70. The maximum absolute atomic E-state index is 13.9. The molecule has 174 valence electrons. The SMILES string of the molecule is CCCCC[C@H]1CC[C@H](C=CCCc2ccc(C(=O)Oc3ccc(C#N)cc3F)cc2)CC1. The van der Waals surface area contributed by atoms with Crippen LogP contribution in [0.4, 0.5) is 4.39 Å². The zero-order valence-corrected chi connectivity index (χ0v) is 19.6. The van der Waals surface area contributed by atoms with E-state index in [2.05, 4.69) is 19.1 Å². The monoisotopic (exact) mass is 447 g/mol. The second-order valence-electron chi connectivity index (χ2n) is 9.09. The minimum Gasteiger partial charge on any atom is -0.420 e. The number of benzene rings is 2. The van der Waals surface area contributed by atoms with Crippen LogP contribution in [0.5, 0.6) is 5.75 Å². The van der Waals surface area contributed by atoms with Crippen LogP contribution < -0.4 is 4.74 Å². The number of unbranched alkanes of at least 4 members (excludes halogenated alkanes) is 2. The number of aryl methyl sites for hydroxylation is 1.